The molecule has 0 saturated carbocycles. The molecule has 1 spiro atoms. The summed E-state index contributed by atoms with van der Waals surface area (Å²) in [6, 6.07) is 0.0270. The van der Waals surface area contributed by atoms with E-state index in [1.54, 1.807) is 4.90 Å². The molecule has 2 atom stereocenters. The molecule has 24 heavy (non-hydrogen) atoms. The SMILES string of the molecule is C[C@H]1C[C@@]2(CCN1C(=O)OC(C)(C)C)OCCc1c2sc(Cl)c1Cl. The number of halogens is 2. The largest absolute Gasteiger partial charge is 0.444 e. The van der Waals surface area contributed by atoms with Crippen molar-refractivity contribution in [3.05, 3.63) is 19.8 Å². The van der Waals surface area contributed by atoms with Gasteiger partial charge >= 0.3 is 6.09 Å². The van der Waals surface area contributed by atoms with Gasteiger partial charge < -0.3 is 14.4 Å². The van der Waals surface area contributed by atoms with Crippen LogP contribution in [0.3, 0.4) is 0 Å². The van der Waals surface area contributed by atoms with Crippen molar-refractivity contribution >= 4 is 40.6 Å². The Morgan fingerprint density at radius 2 is 2.12 bits per heavy atom. The fourth-order valence-electron chi connectivity index (χ4n) is 3.56. The lowest BCUT2D eigenvalue weighted by molar-refractivity contribution is -0.108. The number of nitrogens with zero attached hydrogens (tertiary/aromatic N) is 1. The molecule has 0 unspecified atom stereocenters. The van der Waals surface area contributed by atoms with Crippen LogP contribution in [0.1, 0.15) is 51.0 Å². The van der Waals surface area contributed by atoms with Gasteiger partial charge in [0.1, 0.15) is 15.5 Å². The number of rotatable bonds is 0. The highest BCUT2D eigenvalue weighted by Crippen LogP contribution is 2.51. The topological polar surface area (TPSA) is 38.8 Å². The van der Waals surface area contributed by atoms with E-state index in [1.807, 2.05) is 27.7 Å². The second-order valence-electron chi connectivity index (χ2n) is 7.57. The highest BCUT2D eigenvalue weighted by Gasteiger charge is 2.47. The van der Waals surface area contributed by atoms with Crippen LogP contribution in [-0.2, 0) is 21.5 Å². The molecule has 0 aliphatic carbocycles. The van der Waals surface area contributed by atoms with Crippen molar-refractivity contribution < 1.29 is 14.3 Å². The van der Waals surface area contributed by atoms with Gasteiger partial charge in [0.05, 0.1) is 11.6 Å². The summed E-state index contributed by atoms with van der Waals surface area (Å²) in [4.78, 5) is 15.4. The Kier molecular flexibility index (Phi) is 4.84. The van der Waals surface area contributed by atoms with Crippen molar-refractivity contribution in [1.82, 2.24) is 4.90 Å². The van der Waals surface area contributed by atoms with Crippen LogP contribution >= 0.6 is 34.5 Å². The van der Waals surface area contributed by atoms with Gasteiger partial charge in [0.25, 0.3) is 0 Å². The molecule has 0 N–H and O–H groups in total. The first-order valence-corrected chi connectivity index (χ1v) is 9.81. The second kappa shape index (κ2) is 6.35. The molecule has 3 rings (SSSR count). The molecule has 4 nitrogen and oxygen atoms in total. The summed E-state index contributed by atoms with van der Waals surface area (Å²) in [6.45, 7) is 8.93. The number of carbonyl (C=O) groups excluding carboxylic acids is 1. The molecule has 0 radical (unpaired) electrons. The number of thiophene rings is 1. The molecular weight excluding hydrogens is 369 g/mol. The Balaban J connectivity index is 1.81. The van der Waals surface area contributed by atoms with Gasteiger partial charge in [-0.3, -0.25) is 0 Å². The van der Waals surface area contributed by atoms with E-state index in [0.717, 1.165) is 29.7 Å². The fourth-order valence-corrected chi connectivity index (χ4v) is 5.42. The van der Waals surface area contributed by atoms with E-state index in [-0.39, 0.29) is 17.7 Å². The lowest BCUT2D eigenvalue weighted by Gasteiger charge is -2.46. The summed E-state index contributed by atoms with van der Waals surface area (Å²) < 4.78 is 12.4. The van der Waals surface area contributed by atoms with Gasteiger partial charge in [0.15, 0.2) is 0 Å². The Bertz CT molecular complexity index is 655. The van der Waals surface area contributed by atoms with Crippen molar-refractivity contribution in [3.63, 3.8) is 0 Å². The Morgan fingerprint density at radius 3 is 2.75 bits per heavy atom. The third kappa shape index (κ3) is 3.28. The maximum absolute atomic E-state index is 12.4. The Hall–Kier alpha value is -0.490. The molecule has 134 valence electrons. The van der Waals surface area contributed by atoms with Gasteiger partial charge in [0.2, 0.25) is 0 Å². The zero-order valence-corrected chi connectivity index (χ0v) is 16.8. The van der Waals surface area contributed by atoms with Crippen molar-refractivity contribution in [1.29, 1.82) is 0 Å². The fraction of sp³-hybridized carbons (Fsp3) is 0.706. The van der Waals surface area contributed by atoms with Crippen molar-refractivity contribution in [2.75, 3.05) is 13.2 Å². The number of piperidine rings is 1. The predicted octanol–water partition coefficient (Wildman–Crippen LogP) is 5.24. The summed E-state index contributed by atoms with van der Waals surface area (Å²) in [5, 5.41) is 0.668. The van der Waals surface area contributed by atoms with E-state index >= 15 is 0 Å². The highest BCUT2D eigenvalue weighted by atomic mass is 35.5. The average molecular weight is 392 g/mol. The van der Waals surface area contributed by atoms with Gasteiger partial charge in [-0.1, -0.05) is 23.2 Å². The van der Waals surface area contributed by atoms with E-state index in [4.69, 9.17) is 32.7 Å². The molecule has 0 bridgehead atoms. The molecule has 1 fully saturated rings. The number of hydrogen-bond donors (Lipinski definition) is 0. The summed E-state index contributed by atoms with van der Waals surface area (Å²) in [6.07, 6.45) is 2.00. The van der Waals surface area contributed by atoms with Gasteiger partial charge in [-0.05, 0) is 46.1 Å². The molecule has 2 aliphatic rings. The van der Waals surface area contributed by atoms with Crippen molar-refractivity contribution in [3.8, 4) is 0 Å². The van der Waals surface area contributed by atoms with Gasteiger partial charge in [-0.25, -0.2) is 4.79 Å². The van der Waals surface area contributed by atoms with Crippen LogP contribution in [-0.4, -0.2) is 35.8 Å². The normalized spacial score (nSPS) is 27.2. The summed E-state index contributed by atoms with van der Waals surface area (Å²) in [7, 11) is 0. The zero-order valence-electron chi connectivity index (χ0n) is 14.4. The molecule has 1 amide bonds. The minimum Gasteiger partial charge on any atom is -0.444 e. The summed E-state index contributed by atoms with van der Waals surface area (Å²) in [5.41, 5.74) is 0.248. The lowest BCUT2D eigenvalue weighted by Crippen LogP contribution is -2.53. The predicted molar refractivity (Wildman–Crippen MR) is 97.3 cm³/mol. The number of likely N-dealkylation sites (tertiary alicyclic amines) is 1. The molecule has 3 heterocycles. The third-order valence-corrected chi connectivity index (χ3v) is 6.84. The molecule has 1 aromatic rings. The maximum atomic E-state index is 12.4. The van der Waals surface area contributed by atoms with Crippen LogP contribution in [0.4, 0.5) is 4.79 Å². The van der Waals surface area contributed by atoms with E-state index in [9.17, 15) is 4.79 Å². The van der Waals surface area contributed by atoms with Gasteiger partial charge in [-0.2, -0.15) is 0 Å². The van der Waals surface area contributed by atoms with E-state index in [1.165, 1.54) is 11.3 Å². The number of hydrogen-bond acceptors (Lipinski definition) is 4. The van der Waals surface area contributed by atoms with Crippen LogP contribution in [0.25, 0.3) is 0 Å². The first-order valence-electron chi connectivity index (χ1n) is 8.24. The van der Waals surface area contributed by atoms with Crippen LogP contribution < -0.4 is 0 Å². The first kappa shape index (κ1) is 18.3. The number of fused-ring (bicyclic) bond motifs is 2. The van der Waals surface area contributed by atoms with Crippen LogP contribution in [0, 0.1) is 0 Å². The number of amides is 1. The van der Waals surface area contributed by atoms with Crippen LogP contribution in [0.5, 0.6) is 0 Å². The monoisotopic (exact) mass is 391 g/mol. The Labute approximate surface area is 157 Å². The average Bonchev–Trinajstić information content (AvgIpc) is 2.75. The zero-order chi connectivity index (χ0) is 17.7. The van der Waals surface area contributed by atoms with E-state index in [2.05, 4.69) is 0 Å². The quantitative estimate of drug-likeness (QED) is 0.606. The minimum absolute atomic E-state index is 0.0270. The Morgan fingerprint density at radius 1 is 1.42 bits per heavy atom. The molecule has 1 aromatic heterocycles. The maximum Gasteiger partial charge on any atom is 0.410 e. The highest BCUT2D eigenvalue weighted by molar-refractivity contribution is 7.17. The van der Waals surface area contributed by atoms with Crippen LogP contribution in [0.15, 0.2) is 0 Å². The number of ether oxygens (including phenoxy) is 2. The standard InChI is InChI=1S/C17H23Cl2NO3S/c1-10-9-17(6-7-20(10)15(21)23-16(2,3)4)13-11(5-8-22-17)12(18)14(19)24-13/h10H,5-9H2,1-4H3/t10-,17+/m0/s1. The third-order valence-electron chi connectivity index (χ3n) is 4.59. The molecule has 0 aromatic carbocycles. The second-order valence-corrected chi connectivity index (χ2v) is 9.57. The molecule has 2 aliphatic heterocycles. The van der Waals surface area contributed by atoms with Crippen LogP contribution in [0.2, 0.25) is 9.36 Å². The minimum atomic E-state index is -0.491. The molecule has 1 saturated heterocycles. The smallest absolute Gasteiger partial charge is 0.410 e. The van der Waals surface area contributed by atoms with E-state index in [0.29, 0.717) is 22.5 Å². The number of carbonyl (C=O) groups is 1. The van der Waals surface area contributed by atoms with Crippen molar-refractivity contribution in [2.24, 2.45) is 0 Å². The lowest BCUT2D eigenvalue weighted by atomic mass is 9.82. The first-order chi connectivity index (χ1) is 11.1. The molecular formula is C17H23Cl2NO3S. The summed E-state index contributed by atoms with van der Waals surface area (Å²) >= 11 is 14.1. The van der Waals surface area contributed by atoms with Gasteiger partial charge in [0, 0.05) is 23.9 Å². The summed E-state index contributed by atoms with van der Waals surface area (Å²) in [5.74, 6) is 0. The van der Waals surface area contributed by atoms with E-state index < -0.39 is 5.60 Å². The van der Waals surface area contributed by atoms with Gasteiger partial charge in [-0.15, -0.1) is 11.3 Å². The van der Waals surface area contributed by atoms with Crippen molar-refractivity contribution in [2.45, 2.75) is 64.2 Å². The molecule has 7 heteroatoms.